The van der Waals surface area contributed by atoms with E-state index in [-0.39, 0.29) is 0 Å². The lowest BCUT2D eigenvalue weighted by Crippen LogP contribution is -2.33. The van der Waals surface area contributed by atoms with Gasteiger partial charge >= 0.3 is 0 Å². The summed E-state index contributed by atoms with van der Waals surface area (Å²) in [5, 5.41) is 16.6. The Morgan fingerprint density at radius 1 is 1.26 bits per heavy atom. The Labute approximate surface area is 113 Å². The van der Waals surface area contributed by atoms with E-state index in [2.05, 4.69) is 20.6 Å². The normalized spacial score (nSPS) is 17.2. The van der Waals surface area contributed by atoms with E-state index in [0.29, 0.717) is 23.9 Å². The van der Waals surface area contributed by atoms with Crippen LogP contribution in [-0.2, 0) is 0 Å². The van der Waals surface area contributed by atoms with Gasteiger partial charge in [0.2, 0.25) is 5.75 Å². The third kappa shape index (κ3) is 3.26. The highest BCUT2D eigenvalue weighted by Crippen LogP contribution is 2.32. The van der Waals surface area contributed by atoms with E-state index in [4.69, 9.17) is 4.74 Å². The summed E-state index contributed by atoms with van der Waals surface area (Å²) in [7, 11) is 1.59. The van der Waals surface area contributed by atoms with Crippen LogP contribution in [0.5, 0.6) is 5.75 Å². The Kier molecular flexibility index (Phi) is 4.42. The van der Waals surface area contributed by atoms with Gasteiger partial charge in [0, 0.05) is 13.1 Å². The number of methoxy groups -OCH3 is 1. The van der Waals surface area contributed by atoms with Gasteiger partial charge in [-0.05, 0) is 19.8 Å². The van der Waals surface area contributed by atoms with Crippen molar-refractivity contribution in [1.29, 1.82) is 0 Å². The van der Waals surface area contributed by atoms with Crippen molar-refractivity contribution in [3.63, 3.8) is 0 Å². The van der Waals surface area contributed by atoms with E-state index in [1.165, 1.54) is 6.33 Å². The Hall–Kier alpha value is -1.56. The second-order valence-electron chi connectivity index (χ2n) is 4.92. The van der Waals surface area contributed by atoms with Crippen LogP contribution in [-0.4, -0.2) is 40.9 Å². The van der Waals surface area contributed by atoms with E-state index in [1.54, 1.807) is 7.11 Å². The molecule has 0 saturated heterocycles. The average Bonchev–Trinajstić information content (AvgIpc) is 2.84. The number of hydrogen-bond acceptors (Lipinski definition) is 6. The number of anilines is 2. The van der Waals surface area contributed by atoms with Crippen LogP contribution < -0.4 is 15.4 Å². The summed E-state index contributed by atoms with van der Waals surface area (Å²) in [6, 6.07) is 0. The van der Waals surface area contributed by atoms with Crippen LogP contribution in [0, 0.1) is 0 Å². The third-order valence-electron chi connectivity index (χ3n) is 3.47. The Bertz CT molecular complexity index is 419. The molecule has 1 heterocycles. The second-order valence-corrected chi connectivity index (χ2v) is 4.92. The first-order valence-corrected chi connectivity index (χ1v) is 6.77. The Balaban J connectivity index is 2.08. The molecule has 0 amide bonds. The van der Waals surface area contributed by atoms with Crippen molar-refractivity contribution < 1.29 is 9.84 Å². The number of ether oxygens (including phenoxy) is 1. The average molecular weight is 266 g/mol. The van der Waals surface area contributed by atoms with Gasteiger partial charge < -0.3 is 20.5 Å². The van der Waals surface area contributed by atoms with Gasteiger partial charge in [0.15, 0.2) is 11.6 Å². The monoisotopic (exact) mass is 266 g/mol. The molecular weight excluding hydrogens is 244 g/mol. The molecule has 1 saturated carbocycles. The lowest BCUT2D eigenvalue weighted by atomic mass is 10.0. The number of rotatable bonds is 6. The summed E-state index contributed by atoms with van der Waals surface area (Å²) in [6.45, 7) is 3.25. The molecule has 1 aromatic heterocycles. The first kappa shape index (κ1) is 13.9. The standard InChI is InChI=1S/C13H22N4O2/c1-3-14-11-10(19-2)12(17-9-16-11)15-8-13(18)6-4-5-7-13/h9,18H,3-8H2,1-2H3,(H2,14,15,16,17). The van der Waals surface area contributed by atoms with Crippen LogP contribution >= 0.6 is 0 Å². The summed E-state index contributed by atoms with van der Waals surface area (Å²) >= 11 is 0. The van der Waals surface area contributed by atoms with Gasteiger partial charge in [-0.1, -0.05) is 12.8 Å². The molecule has 19 heavy (non-hydrogen) atoms. The molecule has 0 aliphatic heterocycles. The summed E-state index contributed by atoms with van der Waals surface area (Å²) in [6.07, 6.45) is 5.34. The molecule has 0 unspecified atom stereocenters. The molecule has 6 nitrogen and oxygen atoms in total. The topological polar surface area (TPSA) is 79.3 Å². The highest BCUT2D eigenvalue weighted by molar-refractivity contribution is 5.63. The molecule has 0 spiro atoms. The van der Waals surface area contributed by atoms with Crippen LogP contribution in [0.15, 0.2) is 6.33 Å². The fraction of sp³-hybridized carbons (Fsp3) is 0.692. The lowest BCUT2D eigenvalue weighted by Gasteiger charge is -2.23. The number of aliphatic hydroxyl groups is 1. The molecule has 1 aromatic rings. The minimum Gasteiger partial charge on any atom is -0.490 e. The smallest absolute Gasteiger partial charge is 0.204 e. The molecule has 106 valence electrons. The quantitative estimate of drug-likeness (QED) is 0.726. The summed E-state index contributed by atoms with van der Waals surface area (Å²) in [5.74, 6) is 1.88. The van der Waals surface area contributed by atoms with Crippen LogP contribution in [0.3, 0.4) is 0 Å². The van der Waals surface area contributed by atoms with Crippen molar-refractivity contribution in [3.8, 4) is 5.75 Å². The van der Waals surface area contributed by atoms with Crippen LogP contribution in [0.4, 0.5) is 11.6 Å². The van der Waals surface area contributed by atoms with E-state index >= 15 is 0 Å². The van der Waals surface area contributed by atoms with Gasteiger partial charge in [-0.25, -0.2) is 9.97 Å². The SMILES string of the molecule is CCNc1ncnc(NCC2(O)CCCC2)c1OC. The summed E-state index contributed by atoms with van der Waals surface area (Å²) in [4.78, 5) is 8.33. The highest BCUT2D eigenvalue weighted by Gasteiger charge is 2.31. The largest absolute Gasteiger partial charge is 0.490 e. The maximum absolute atomic E-state index is 10.3. The van der Waals surface area contributed by atoms with Crippen molar-refractivity contribution in [2.24, 2.45) is 0 Å². The zero-order chi connectivity index (χ0) is 13.7. The fourth-order valence-electron chi connectivity index (χ4n) is 2.44. The first-order valence-electron chi connectivity index (χ1n) is 6.77. The van der Waals surface area contributed by atoms with E-state index in [1.807, 2.05) is 6.92 Å². The molecule has 2 rings (SSSR count). The van der Waals surface area contributed by atoms with Crippen molar-refractivity contribution in [2.75, 3.05) is 30.8 Å². The number of nitrogens with one attached hydrogen (secondary N) is 2. The molecule has 0 aromatic carbocycles. The third-order valence-corrected chi connectivity index (χ3v) is 3.47. The number of aromatic nitrogens is 2. The van der Waals surface area contributed by atoms with Crippen LogP contribution in [0.1, 0.15) is 32.6 Å². The minimum atomic E-state index is -0.617. The van der Waals surface area contributed by atoms with E-state index in [9.17, 15) is 5.11 Å². The van der Waals surface area contributed by atoms with Crippen LogP contribution in [0.25, 0.3) is 0 Å². The van der Waals surface area contributed by atoms with Gasteiger partial charge in [-0.3, -0.25) is 0 Å². The Morgan fingerprint density at radius 2 is 1.89 bits per heavy atom. The molecule has 1 aliphatic carbocycles. The highest BCUT2D eigenvalue weighted by atomic mass is 16.5. The first-order chi connectivity index (χ1) is 9.18. The van der Waals surface area contributed by atoms with Gasteiger partial charge in [0.1, 0.15) is 6.33 Å². The van der Waals surface area contributed by atoms with Crippen molar-refractivity contribution in [2.45, 2.75) is 38.2 Å². The predicted octanol–water partition coefficient (Wildman–Crippen LogP) is 1.63. The van der Waals surface area contributed by atoms with Crippen molar-refractivity contribution >= 4 is 11.6 Å². The second kappa shape index (κ2) is 6.06. The molecule has 1 fully saturated rings. The lowest BCUT2D eigenvalue weighted by molar-refractivity contribution is 0.0613. The predicted molar refractivity (Wildman–Crippen MR) is 74.7 cm³/mol. The fourth-order valence-corrected chi connectivity index (χ4v) is 2.44. The molecule has 3 N–H and O–H groups in total. The maximum atomic E-state index is 10.3. The molecule has 0 atom stereocenters. The van der Waals surface area contributed by atoms with Crippen molar-refractivity contribution in [3.05, 3.63) is 6.33 Å². The van der Waals surface area contributed by atoms with Crippen molar-refractivity contribution in [1.82, 2.24) is 9.97 Å². The van der Waals surface area contributed by atoms with Crippen LogP contribution in [0.2, 0.25) is 0 Å². The summed E-state index contributed by atoms with van der Waals surface area (Å²) < 4.78 is 5.35. The zero-order valence-corrected chi connectivity index (χ0v) is 11.6. The molecule has 0 radical (unpaired) electrons. The van der Waals surface area contributed by atoms with E-state index < -0.39 is 5.60 Å². The van der Waals surface area contributed by atoms with Gasteiger partial charge in [0.25, 0.3) is 0 Å². The van der Waals surface area contributed by atoms with Gasteiger partial charge in [0.05, 0.1) is 12.7 Å². The maximum Gasteiger partial charge on any atom is 0.204 e. The van der Waals surface area contributed by atoms with Gasteiger partial charge in [-0.15, -0.1) is 0 Å². The molecule has 1 aliphatic rings. The Morgan fingerprint density at radius 3 is 2.47 bits per heavy atom. The summed E-state index contributed by atoms with van der Waals surface area (Å²) in [5.41, 5.74) is -0.617. The number of hydrogen-bond donors (Lipinski definition) is 3. The minimum absolute atomic E-state index is 0.492. The van der Waals surface area contributed by atoms with E-state index in [0.717, 1.165) is 32.2 Å². The number of nitrogens with zero attached hydrogens (tertiary/aromatic N) is 2. The molecule has 6 heteroatoms. The molecule has 0 bridgehead atoms. The molecular formula is C13H22N4O2. The van der Waals surface area contributed by atoms with Gasteiger partial charge in [-0.2, -0.15) is 0 Å². The zero-order valence-electron chi connectivity index (χ0n) is 11.6.